The second kappa shape index (κ2) is 12.0. The highest BCUT2D eigenvalue weighted by atomic mass is 28.4. The number of aryl methyl sites for hydroxylation is 1. The third kappa shape index (κ3) is 7.31. The Morgan fingerprint density at radius 1 is 0.971 bits per heavy atom. The highest BCUT2D eigenvalue weighted by Gasteiger charge is 2.39. The van der Waals surface area contributed by atoms with Crippen molar-refractivity contribution in [1.82, 2.24) is 4.57 Å². The summed E-state index contributed by atoms with van der Waals surface area (Å²) in [5.41, 5.74) is 3.10. The average Bonchev–Trinajstić information content (AvgIpc) is 3.17. The van der Waals surface area contributed by atoms with Crippen LogP contribution in [0, 0.1) is 0 Å². The number of ether oxygens (including phenoxy) is 1. The molecule has 5 heteroatoms. The second-order valence-electron chi connectivity index (χ2n) is 11.1. The molecule has 35 heavy (non-hydrogen) atoms. The third-order valence-electron chi connectivity index (χ3n) is 7.25. The molecule has 2 aromatic carbocycles. The minimum atomic E-state index is -2.06. The highest BCUT2D eigenvalue weighted by molar-refractivity contribution is 6.74. The van der Waals surface area contributed by atoms with Gasteiger partial charge in [0.05, 0.1) is 11.7 Å². The molecule has 0 bridgehead atoms. The lowest BCUT2D eigenvalue weighted by Gasteiger charge is -2.39. The zero-order valence-electron chi connectivity index (χ0n) is 22.5. The molecule has 1 heterocycles. The number of para-hydroxylation sites is 1. The van der Waals surface area contributed by atoms with E-state index in [1.807, 2.05) is 18.2 Å². The van der Waals surface area contributed by atoms with Crippen LogP contribution in [0.4, 0.5) is 0 Å². The van der Waals surface area contributed by atoms with Crippen molar-refractivity contribution in [3.05, 3.63) is 71.9 Å². The molecule has 0 unspecified atom stereocenters. The van der Waals surface area contributed by atoms with Crippen molar-refractivity contribution in [3.8, 4) is 0 Å². The van der Waals surface area contributed by atoms with Crippen molar-refractivity contribution in [2.75, 3.05) is 6.61 Å². The fourth-order valence-electron chi connectivity index (χ4n) is 4.18. The molecule has 0 aliphatic carbocycles. The predicted molar refractivity (Wildman–Crippen MR) is 149 cm³/mol. The lowest BCUT2D eigenvalue weighted by Crippen LogP contribution is -2.45. The van der Waals surface area contributed by atoms with Gasteiger partial charge in [-0.1, -0.05) is 83.4 Å². The SMILES string of the molecule is CCCCCCn1cc(C[C@@H](COC(=O)c2ccccc2)O[Si](C)(C)C(C)(C)C)c2ccccc21. The lowest BCUT2D eigenvalue weighted by atomic mass is 10.1. The molecule has 0 saturated carbocycles. The van der Waals surface area contributed by atoms with Crippen molar-refractivity contribution >= 4 is 25.2 Å². The average molecular weight is 494 g/mol. The molecule has 0 spiro atoms. The van der Waals surface area contributed by atoms with E-state index < -0.39 is 8.32 Å². The van der Waals surface area contributed by atoms with E-state index in [1.54, 1.807) is 12.1 Å². The molecule has 0 radical (unpaired) electrons. The van der Waals surface area contributed by atoms with Gasteiger partial charge in [0.1, 0.15) is 6.61 Å². The zero-order valence-corrected chi connectivity index (χ0v) is 23.5. The first-order valence-corrected chi connectivity index (χ1v) is 16.0. The van der Waals surface area contributed by atoms with Crippen LogP contribution in [-0.4, -0.2) is 31.6 Å². The number of esters is 1. The number of aromatic nitrogens is 1. The molecule has 0 saturated heterocycles. The standard InChI is InChI=1S/C30H43NO3Si/c1-7-8-9-15-20-31-22-25(27-18-13-14-19-28(27)31)21-26(34-35(5,6)30(2,3)4)23-33-29(32)24-16-11-10-12-17-24/h10-14,16-19,22,26H,7-9,15,20-21,23H2,1-6H3/t26-/m0/s1. The van der Waals surface area contributed by atoms with Gasteiger partial charge in [0.25, 0.3) is 0 Å². The van der Waals surface area contributed by atoms with Crippen LogP contribution in [0.1, 0.15) is 69.3 Å². The number of unbranched alkanes of at least 4 members (excludes halogenated alkanes) is 3. The number of nitrogens with zero attached hydrogens (tertiary/aromatic N) is 1. The minimum absolute atomic E-state index is 0.0714. The van der Waals surface area contributed by atoms with E-state index in [1.165, 1.54) is 42.1 Å². The van der Waals surface area contributed by atoms with E-state index in [-0.39, 0.29) is 23.7 Å². The summed E-state index contributed by atoms with van der Waals surface area (Å²) in [4.78, 5) is 12.7. The Bertz CT molecular complexity index is 1080. The summed E-state index contributed by atoms with van der Waals surface area (Å²) in [7, 11) is -2.06. The van der Waals surface area contributed by atoms with Crippen molar-refractivity contribution in [2.24, 2.45) is 0 Å². The van der Waals surface area contributed by atoms with Gasteiger partial charge in [0.2, 0.25) is 0 Å². The van der Waals surface area contributed by atoms with E-state index in [0.29, 0.717) is 5.56 Å². The van der Waals surface area contributed by atoms with Crippen LogP contribution >= 0.6 is 0 Å². The third-order valence-corrected chi connectivity index (χ3v) is 11.8. The molecule has 4 nitrogen and oxygen atoms in total. The van der Waals surface area contributed by atoms with Crippen LogP contribution in [0.2, 0.25) is 18.1 Å². The van der Waals surface area contributed by atoms with Gasteiger partial charge < -0.3 is 13.7 Å². The van der Waals surface area contributed by atoms with E-state index in [0.717, 1.165) is 13.0 Å². The number of benzene rings is 2. The molecular formula is C30H43NO3Si. The first-order valence-electron chi connectivity index (χ1n) is 13.1. The number of fused-ring (bicyclic) bond motifs is 1. The van der Waals surface area contributed by atoms with Gasteiger partial charge in [-0.15, -0.1) is 0 Å². The van der Waals surface area contributed by atoms with Crippen LogP contribution in [0.25, 0.3) is 10.9 Å². The maximum absolute atomic E-state index is 12.7. The molecule has 0 N–H and O–H groups in total. The number of hydrogen-bond acceptors (Lipinski definition) is 3. The molecule has 1 aromatic heterocycles. The van der Waals surface area contributed by atoms with Gasteiger partial charge in [0.15, 0.2) is 8.32 Å². The van der Waals surface area contributed by atoms with Gasteiger partial charge in [-0.25, -0.2) is 4.79 Å². The zero-order chi connectivity index (χ0) is 25.5. The first kappa shape index (κ1) is 27.2. The maximum Gasteiger partial charge on any atom is 0.338 e. The monoisotopic (exact) mass is 493 g/mol. The van der Waals surface area contributed by atoms with Gasteiger partial charge >= 0.3 is 5.97 Å². The largest absolute Gasteiger partial charge is 0.459 e. The Balaban J connectivity index is 1.82. The molecule has 3 rings (SSSR count). The van der Waals surface area contributed by atoms with Gasteiger partial charge in [-0.2, -0.15) is 0 Å². The van der Waals surface area contributed by atoms with E-state index in [2.05, 4.69) is 75.8 Å². The van der Waals surface area contributed by atoms with E-state index >= 15 is 0 Å². The Labute approximate surface area is 212 Å². The van der Waals surface area contributed by atoms with Gasteiger partial charge in [-0.3, -0.25) is 0 Å². The molecule has 0 aliphatic rings. The summed E-state index contributed by atoms with van der Waals surface area (Å²) in [6.07, 6.45) is 7.78. The van der Waals surface area contributed by atoms with E-state index in [9.17, 15) is 4.79 Å². The van der Waals surface area contributed by atoms with Crippen molar-refractivity contribution in [3.63, 3.8) is 0 Å². The fourth-order valence-corrected chi connectivity index (χ4v) is 5.52. The lowest BCUT2D eigenvalue weighted by molar-refractivity contribution is 0.0286. The van der Waals surface area contributed by atoms with Crippen molar-refractivity contribution in [1.29, 1.82) is 0 Å². The predicted octanol–water partition coefficient (Wildman–Crippen LogP) is 8.01. The first-order chi connectivity index (χ1) is 16.6. The second-order valence-corrected chi connectivity index (χ2v) is 15.9. The number of carbonyl (C=O) groups excluding carboxylic acids is 1. The normalized spacial score (nSPS) is 13.2. The highest BCUT2D eigenvalue weighted by Crippen LogP contribution is 2.38. The van der Waals surface area contributed by atoms with Crippen LogP contribution in [0.15, 0.2) is 60.8 Å². The number of carbonyl (C=O) groups is 1. The minimum Gasteiger partial charge on any atom is -0.459 e. The van der Waals surface area contributed by atoms with E-state index in [4.69, 9.17) is 9.16 Å². The van der Waals surface area contributed by atoms with Crippen LogP contribution in [-0.2, 0) is 22.1 Å². The van der Waals surface area contributed by atoms with Crippen LogP contribution < -0.4 is 0 Å². The summed E-state index contributed by atoms with van der Waals surface area (Å²) >= 11 is 0. The summed E-state index contributed by atoms with van der Waals surface area (Å²) in [6.45, 7) is 14.8. The van der Waals surface area contributed by atoms with Crippen molar-refractivity contribution < 1.29 is 14.0 Å². The Kier molecular flexibility index (Phi) is 9.37. The number of hydrogen-bond donors (Lipinski definition) is 0. The number of rotatable bonds is 12. The molecule has 0 fully saturated rings. The van der Waals surface area contributed by atoms with Crippen LogP contribution in [0.5, 0.6) is 0 Å². The maximum atomic E-state index is 12.7. The Morgan fingerprint density at radius 3 is 2.34 bits per heavy atom. The van der Waals surface area contributed by atoms with Crippen molar-refractivity contribution in [2.45, 2.75) is 90.6 Å². The molecule has 190 valence electrons. The Hall–Kier alpha value is -2.37. The molecule has 1 atom stereocenters. The van der Waals surface area contributed by atoms with Gasteiger partial charge in [0, 0.05) is 30.1 Å². The molecule has 3 aromatic rings. The Morgan fingerprint density at radius 2 is 1.66 bits per heavy atom. The molecule has 0 amide bonds. The summed E-state index contributed by atoms with van der Waals surface area (Å²) in [6, 6.07) is 17.8. The summed E-state index contributed by atoms with van der Waals surface area (Å²) < 4.78 is 15.0. The topological polar surface area (TPSA) is 40.5 Å². The smallest absolute Gasteiger partial charge is 0.338 e. The molecule has 0 aliphatic heterocycles. The summed E-state index contributed by atoms with van der Waals surface area (Å²) in [5.74, 6) is -0.298. The summed E-state index contributed by atoms with van der Waals surface area (Å²) in [5, 5.41) is 1.34. The fraction of sp³-hybridized carbons (Fsp3) is 0.500. The molecular weight excluding hydrogens is 450 g/mol. The quantitative estimate of drug-likeness (QED) is 0.146. The van der Waals surface area contributed by atoms with Gasteiger partial charge in [-0.05, 0) is 48.3 Å². The van der Waals surface area contributed by atoms with Crippen LogP contribution in [0.3, 0.4) is 0 Å².